The summed E-state index contributed by atoms with van der Waals surface area (Å²) in [7, 11) is -4.10. The fourth-order valence-electron chi connectivity index (χ4n) is 4.44. The minimum Gasteiger partial charge on any atom is -0.361 e. The summed E-state index contributed by atoms with van der Waals surface area (Å²) in [4.78, 5) is 30.6. The van der Waals surface area contributed by atoms with E-state index < -0.39 is 27.9 Å². The molecule has 0 aliphatic carbocycles. The summed E-state index contributed by atoms with van der Waals surface area (Å²) in [5, 5.41) is 1.38. The third-order valence-electron chi connectivity index (χ3n) is 6.18. The molecule has 2 amide bonds. The van der Waals surface area contributed by atoms with E-state index in [2.05, 4.69) is 4.98 Å². The van der Waals surface area contributed by atoms with Gasteiger partial charge < -0.3 is 4.98 Å². The molecule has 1 unspecified atom stereocenters. The molecule has 0 radical (unpaired) electrons. The van der Waals surface area contributed by atoms with Gasteiger partial charge in [-0.2, -0.15) is 4.31 Å². The lowest BCUT2D eigenvalue weighted by atomic mass is 10.1. The Labute approximate surface area is 208 Å². The summed E-state index contributed by atoms with van der Waals surface area (Å²) >= 11 is 5.96. The van der Waals surface area contributed by atoms with Crippen LogP contribution < -0.4 is 4.90 Å². The molecule has 0 bridgehead atoms. The number of halogens is 1. The second-order valence-electron chi connectivity index (χ2n) is 8.30. The highest BCUT2D eigenvalue weighted by atomic mass is 35.5. The molecule has 1 aliphatic rings. The molecule has 178 valence electrons. The van der Waals surface area contributed by atoms with Crippen LogP contribution >= 0.6 is 11.6 Å². The van der Waals surface area contributed by atoms with Gasteiger partial charge in [-0.05, 0) is 54.4 Å². The zero-order chi connectivity index (χ0) is 24.6. The van der Waals surface area contributed by atoms with Crippen LogP contribution in [0.1, 0.15) is 12.0 Å². The van der Waals surface area contributed by atoms with Gasteiger partial charge >= 0.3 is 0 Å². The molecular formula is C26H22ClN3O4S. The van der Waals surface area contributed by atoms with E-state index in [0.717, 1.165) is 25.7 Å². The summed E-state index contributed by atoms with van der Waals surface area (Å²) in [6, 6.07) is 20.9. The van der Waals surface area contributed by atoms with Crippen LogP contribution in [0, 0.1) is 0 Å². The molecule has 1 aromatic heterocycles. The third-order valence-corrected chi connectivity index (χ3v) is 8.36. The molecular weight excluding hydrogens is 486 g/mol. The first kappa shape index (κ1) is 23.3. The summed E-state index contributed by atoms with van der Waals surface area (Å²) in [5.74, 6) is -0.993. The van der Waals surface area contributed by atoms with Crippen molar-refractivity contribution in [1.29, 1.82) is 0 Å². The van der Waals surface area contributed by atoms with Crippen molar-refractivity contribution in [3.8, 4) is 0 Å². The number of rotatable bonds is 7. The number of anilines is 1. The minimum atomic E-state index is -4.10. The van der Waals surface area contributed by atoms with Gasteiger partial charge in [0.1, 0.15) is 6.04 Å². The summed E-state index contributed by atoms with van der Waals surface area (Å²) < 4.78 is 28.6. The SMILES string of the molecule is O=C1CC(N(CCc2c[nH]c3ccccc23)S(=O)(=O)c2ccc(Cl)cc2)C(=O)N1c1ccccc1. The lowest BCUT2D eigenvalue weighted by Crippen LogP contribution is -2.46. The van der Waals surface area contributed by atoms with Crippen LogP contribution in [0.15, 0.2) is 90.0 Å². The molecule has 7 nitrogen and oxygen atoms in total. The van der Waals surface area contributed by atoms with Crippen molar-refractivity contribution in [2.24, 2.45) is 0 Å². The van der Waals surface area contributed by atoms with Crippen molar-refractivity contribution in [3.05, 3.63) is 95.6 Å². The van der Waals surface area contributed by atoms with Crippen LogP contribution in [0.25, 0.3) is 10.9 Å². The highest BCUT2D eigenvalue weighted by Crippen LogP contribution is 2.30. The van der Waals surface area contributed by atoms with E-state index in [1.165, 1.54) is 24.3 Å². The van der Waals surface area contributed by atoms with Crippen molar-refractivity contribution < 1.29 is 18.0 Å². The average molecular weight is 508 g/mol. The number of aromatic amines is 1. The number of para-hydroxylation sites is 2. The maximum absolute atomic E-state index is 13.7. The number of amides is 2. The zero-order valence-electron chi connectivity index (χ0n) is 18.6. The summed E-state index contributed by atoms with van der Waals surface area (Å²) in [6.45, 7) is 0.0269. The van der Waals surface area contributed by atoms with Crippen molar-refractivity contribution in [3.63, 3.8) is 0 Å². The van der Waals surface area contributed by atoms with E-state index in [1.807, 2.05) is 30.5 Å². The number of hydrogen-bond donors (Lipinski definition) is 1. The first-order chi connectivity index (χ1) is 16.9. The fraction of sp³-hybridized carbons (Fsp3) is 0.154. The second kappa shape index (κ2) is 9.30. The Morgan fingerprint density at radius 2 is 1.63 bits per heavy atom. The van der Waals surface area contributed by atoms with Gasteiger partial charge in [0.05, 0.1) is 17.0 Å². The van der Waals surface area contributed by atoms with Gasteiger partial charge in [-0.1, -0.05) is 48.0 Å². The van der Waals surface area contributed by atoms with Gasteiger partial charge in [0.15, 0.2) is 0 Å². The average Bonchev–Trinajstić information content (AvgIpc) is 3.40. The molecule has 1 aliphatic heterocycles. The number of carbonyl (C=O) groups is 2. The number of imide groups is 1. The minimum absolute atomic E-state index is 0.0132. The molecule has 9 heteroatoms. The molecule has 0 saturated carbocycles. The van der Waals surface area contributed by atoms with Gasteiger partial charge in [-0.15, -0.1) is 0 Å². The Morgan fingerprint density at radius 3 is 2.37 bits per heavy atom. The van der Waals surface area contributed by atoms with E-state index in [4.69, 9.17) is 11.6 Å². The Balaban J connectivity index is 1.51. The standard InChI is InChI=1S/C26H22ClN3O4S/c27-19-10-12-21(13-11-19)35(33,34)29(15-14-18-17-28-23-9-5-4-8-22(18)23)24-16-25(31)30(26(24)32)20-6-2-1-3-7-20/h1-13,17,24,28H,14-16H2. The van der Waals surface area contributed by atoms with Crippen molar-refractivity contribution in [2.75, 3.05) is 11.4 Å². The number of sulfonamides is 1. The topological polar surface area (TPSA) is 90.5 Å². The molecule has 5 rings (SSSR count). The van der Waals surface area contributed by atoms with Gasteiger partial charge in [0.25, 0.3) is 5.91 Å². The molecule has 1 atom stereocenters. The highest BCUT2D eigenvalue weighted by Gasteiger charge is 2.46. The number of aromatic nitrogens is 1. The Morgan fingerprint density at radius 1 is 0.943 bits per heavy atom. The largest absolute Gasteiger partial charge is 0.361 e. The summed E-state index contributed by atoms with van der Waals surface area (Å²) in [6.07, 6.45) is 1.98. The van der Waals surface area contributed by atoms with Crippen molar-refractivity contribution in [1.82, 2.24) is 9.29 Å². The fourth-order valence-corrected chi connectivity index (χ4v) is 6.15. The normalized spacial score (nSPS) is 16.5. The molecule has 1 fully saturated rings. The monoisotopic (exact) mass is 507 g/mol. The lowest BCUT2D eigenvalue weighted by Gasteiger charge is -2.27. The molecule has 4 aromatic rings. The van der Waals surface area contributed by atoms with E-state index in [9.17, 15) is 18.0 Å². The highest BCUT2D eigenvalue weighted by molar-refractivity contribution is 7.89. The van der Waals surface area contributed by atoms with Crippen LogP contribution in [0.2, 0.25) is 5.02 Å². The van der Waals surface area contributed by atoms with Crippen LogP contribution in [-0.4, -0.2) is 42.1 Å². The zero-order valence-corrected chi connectivity index (χ0v) is 20.2. The number of hydrogen-bond acceptors (Lipinski definition) is 4. The van der Waals surface area contributed by atoms with E-state index in [-0.39, 0.29) is 17.9 Å². The second-order valence-corrected chi connectivity index (χ2v) is 10.6. The Bertz CT molecular complexity index is 1500. The quantitative estimate of drug-likeness (QED) is 0.376. The predicted octanol–water partition coefficient (Wildman–Crippen LogP) is 4.39. The van der Waals surface area contributed by atoms with Crippen molar-refractivity contribution >= 4 is 50.0 Å². The number of nitrogens with zero attached hydrogens (tertiary/aromatic N) is 2. The van der Waals surface area contributed by atoms with Crippen LogP contribution in [0.4, 0.5) is 5.69 Å². The molecule has 0 spiro atoms. The van der Waals surface area contributed by atoms with Gasteiger partial charge in [0, 0.05) is 28.7 Å². The predicted molar refractivity (Wildman–Crippen MR) is 135 cm³/mol. The molecule has 3 aromatic carbocycles. The third kappa shape index (κ3) is 4.36. The number of nitrogens with one attached hydrogen (secondary N) is 1. The molecule has 2 heterocycles. The molecule has 35 heavy (non-hydrogen) atoms. The van der Waals surface area contributed by atoms with Gasteiger partial charge in [0.2, 0.25) is 15.9 Å². The number of carbonyl (C=O) groups excluding carboxylic acids is 2. The molecule has 1 saturated heterocycles. The van der Waals surface area contributed by atoms with Gasteiger partial charge in [-0.3, -0.25) is 9.59 Å². The maximum Gasteiger partial charge on any atom is 0.252 e. The van der Waals surface area contributed by atoms with Crippen LogP contribution in [0.5, 0.6) is 0 Å². The van der Waals surface area contributed by atoms with Crippen LogP contribution in [0.3, 0.4) is 0 Å². The van der Waals surface area contributed by atoms with E-state index in [0.29, 0.717) is 17.1 Å². The smallest absolute Gasteiger partial charge is 0.252 e. The van der Waals surface area contributed by atoms with E-state index in [1.54, 1.807) is 30.3 Å². The first-order valence-corrected chi connectivity index (χ1v) is 12.9. The molecule has 1 N–H and O–H groups in total. The van der Waals surface area contributed by atoms with E-state index >= 15 is 0 Å². The number of H-pyrrole nitrogens is 1. The lowest BCUT2D eigenvalue weighted by molar-refractivity contribution is -0.122. The first-order valence-electron chi connectivity index (χ1n) is 11.1. The Hall–Kier alpha value is -3.46. The summed E-state index contributed by atoms with van der Waals surface area (Å²) in [5.41, 5.74) is 2.29. The van der Waals surface area contributed by atoms with Gasteiger partial charge in [-0.25, -0.2) is 13.3 Å². The Kier molecular flexibility index (Phi) is 6.19. The van der Waals surface area contributed by atoms with Crippen molar-refractivity contribution in [2.45, 2.75) is 23.8 Å². The van der Waals surface area contributed by atoms with Crippen LogP contribution in [-0.2, 0) is 26.0 Å². The number of fused-ring (bicyclic) bond motifs is 1. The number of benzene rings is 3. The maximum atomic E-state index is 13.7.